The fraction of sp³-hybridized carbons (Fsp3) is 0.542. The number of benzene rings is 1. The van der Waals surface area contributed by atoms with Crippen molar-refractivity contribution in [2.75, 3.05) is 45.8 Å². The Morgan fingerprint density at radius 1 is 1.06 bits per heavy atom. The van der Waals surface area contributed by atoms with Gasteiger partial charge in [0.1, 0.15) is 0 Å². The minimum absolute atomic E-state index is 0.0388. The minimum atomic E-state index is -0.0388. The van der Waals surface area contributed by atoms with Crippen LogP contribution in [0.25, 0.3) is 5.69 Å². The maximum absolute atomic E-state index is 12.8. The molecule has 0 saturated carbocycles. The standard InChI is InChI=1S/C24H35N7O/c1-3-25-24(26-19-21-7-9-22(10-8-21)31-14-6-11-27-31)30-17-15-28(16-18-30)20(2)23(32)29-12-4-5-13-29/h6-11,14,20H,3-5,12-13,15-19H2,1-2H3,(H,25,26). The van der Waals surface area contributed by atoms with Gasteiger partial charge in [-0.1, -0.05) is 12.1 Å². The first-order valence-electron chi connectivity index (χ1n) is 11.8. The number of nitrogens with one attached hydrogen (secondary N) is 1. The molecule has 1 unspecified atom stereocenters. The Hall–Kier alpha value is -2.87. The van der Waals surface area contributed by atoms with Gasteiger partial charge in [0.2, 0.25) is 5.91 Å². The average molecular weight is 438 g/mol. The van der Waals surface area contributed by atoms with Gasteiger partial charge in [0.15, 0.2) is 5.96 Å². The molecule has 1 aromatic carbocycles. The van der Waals surface area contributed by atoms with E-state index in [1.165, 1.54) is 5.56 Å². The van der Waals surface area contributed by atoms with Gasteiger partial charge in [-0.2, -0.15) is 5.10 Å². The zero-order chi connectivity index (χ0) is 22.3. The van der Waals surface area contributed by atoms with Gasteiger partial charge in [0.25, 0.3) is 0 Å². The number of aromatic nitrogens is 2. The Bertz CT molecular complexity index is 880. The van der Waals surface area contributed by atoms with Gasteiger partial charge in [-0.15, -0.1) is 0 Å². The van der Waals surface area contributed by atoms with Crippen molar-refractivity contribution in [3.63, 3.8) is 0 Å². The highest BCUT2D eigenvalue weighted by Crippen LogP contribution is 2.14. The van der Waals surface area contributed by atoms with E-state index >= 15 is 0 Å². The lowest BCUT2D eigenvalue weighted by atomic mass is 10.2. The van der Waals surface area contributed by atoms with E-state index in [-0.39, 0.29) is 11.9 Å². The SMILES string of the molecule is CCNC(=NCc1ccc(-n2cccn2)cc1)N1CCN(C(C)C(=O)N2CCCC2)CC1. The number of likely N-dealkylation sites (tertiary alicyclic amines) is 1. The molecule has 8 nitrogen and oxygen atoms in total. The number of nitrogens with zero attached hydrogens (tertiary/aromatic N) is 6. The number of carbonyl (C=O) groups is 1. The summed E-state index contributed by atoms with van der Waals surface area (Å²) >= 11 is 0. The van der Waals surface area contributed by atoms with Gasteiger partial charge < -0.3 is 15.1 Å². The van der Waals surface area contributed by atoms with Crippen LogP contribution < -0.4 is 5.32 Å². The molecular weight excluding hydrogens is 402 g/mol. The lowest BCUT2D eigenvalue weighted by molar-refractivity contribution is -0.135. The molecule has 1 amide bonds. The van der Waals surface area contributed by atoms with E-state index < -0.39 is 0 Å². The highest BCUT2D eigenvalue weighted by Gasteiger charge is 2.30. The largest absolute Gasteiger partial charge is 0.357 e. The van der Waals surface area contributed by atoms with Crippen LogP contribution in [0.4, 0.5) is 0 Å². The molecule has 2 aliphatic rings. The smallest absolute Gasteiger partial charge is 0.239 e. The second-order valence-electron chi connectivity index (χ2n) is 8.52. The maximum Gasteiger partial charge on any atom is 0.239 e. The van der Waals surface area contributed by atoms with Gasteiger partial charge in [-0.05, 0) is 50.5 Å². The summed E-state index contributed by atoms with van der Waals surface area (Å²) in [6.07, 6.45) is 6.00. The number of hydrogen-bond donors (Lipinski definition) is 1. The van der Waals surface area contributed by atoms with Crippen LogP contribution in [0, 0.1) is 0 Å². The molecule has 32 heavy (non-hydrogen) atoms. The zero-order valence-corrected chi connectivity index (χ0v) is 19.3. The van der Waals surface area contributed by atoms with Crippen molar-refractivity contribution in [1.82, 2.24) is 29.8 Å². The molecule has 172 valence electrons. The van der Waals surface area contributed by atoms with Crippen molar-refractivity contribution in [2.24, 2.45) is 4.99 Å². The molecule has 2 aliphatic heterocycles. The van der Waals surface area contributed by atoms with Crippen molar-refractivity contribution in [3.8, 4) is 5.69 Å². The van der Waals surface area contributed by atoms with Gasteiger partial charge in [0.05, 0.1) is 18.3 Å². The van der Waals surface area contributed by atoms with Crippen LogP contribution >= 0.6 is 0 Å². The first-order valence-corrected chi connectivity index (χ1v) is 11.8. The molecule has 2 saturated heterocycles. The fourth-order valence-electron chi connectivity index (χ4n) is 4.45. The highest BCUT2D eigenvalue weighted by molar-refractivity contribution is 5.82. The summed E-state index contributed by atoms with van der Waals surface area (Å²) in [6, 6.07) is 10.2. The number of guanidine groups is 1. The maximum atomic E-state index is 12.8. The molecule has 2 aromatic rings. The Morgan fingerprint density at radius 3 is 2.41 bits per heavy atom. The third-order valence-corrected chi connectivity index (χ3v) is 6.39. The molecule has 1 atom stereocenters. The third kappa shape index (κ3) is 5.30. The Balaban J connectivity index is 1.32. The number of amides is 1. The van der Waals surface area contributed by atoms with Crippen LogP contribution in [-0.4, -0.2) is 88.2 Å². The second-order valence-corrected chi connectivity index (χ2v) is 8.52. The minimum Gasteiger partial charge on any atom is -0.357 e. The summed E-state index contributed by atoms with van der Waals surface area (Å²) in [5, 5.41) is 7.71. The van der Waals surface area contributed by atoms with Crippen molar-refractivity contribution >= 4 is 11.9 Å². The molecule has 0 spiro atoms. The average Bonchev–Trinajstić information content (AvgIpc) is 3.56. The summed E-state index contributed by atoms with van der Waals surface area (Å²) in [6.45, 7) is 11.0. The van der Waals surface area contributed by atoms with E-state index in [9.17, 15) is 4.79 Å². The van der Waals surface area contributed by atoms with Crippen LogP contribution in [0.15, 0.2) is 47.7 Å². The predicted octanol–water partition coefficient (Wildman–Crippen LogP) is 1.97. The monoisotopic (exact) mass is 437 g/mol. The van der Waals surface area contributed by atoms with Crippen molar-refractivity contribution in [1.29, 1.82) is 0 Å². The summed E-state index contributed by atoms with van der Waals surface area (Å²) < 4.78 is 1.85. The van der Waals surface area contributed by atoms with Crippen molar-refractivity contribution in [3.05, 3.63) is 48.3 Å². The number of rotatable bonds is 6. The summed E-state index contributed by atoms with van der Waals surface area (Å²) in [5.41, 5.74) is 2.21. The Labute approximate surface area is 190 Å². The number of aliphatic imine (C=N–C) groups is 1. The van der Waals surface area contributed by atoms with Crippen LogP contribution in [0.5, 0.6) is 0 Å². The van der Waals surface area contributed by atoms with Gasteiger partial charge >= 0.3 is 0 Å². The molecule has 0 bridgehead atoms. The van der Waals surface area contributed by atoms with Crippen molar-refractivity contribution < 1.29 is 4.79 Å². The quantitative estimate of drug-likeness (QED) is 0.553. The molecule has 3 heterocycles. The normalized spacial score (nSPS) is 18.8. The lowest BCUT2D eigenvalue weighted by Crippen LogP contribution is -2.57. The van der Waals surface area contributed by atoms with E-state index in [0.29, 0.717) is 6.54 Å². The van der Waals surface area contributed by atoms with Crippen LogP contribution in [0.2, 0.25) is 0 Å². The topological polar surface area (TPSA) is 69.0 Å². The molecule has 4 rings (SSSR count). The summed E-state index contributed by atoms with van der Waals surface area (Å²) in [7, 11) is 0. The molecule has 0 radical (unpaired) electrons. The van der Waals surface area contributed by atoms with Crippen molar-refractivity contribution in [2.45, 2.75) is 39.3 Å². The molecule has 8 heteroatoms. The second kappa shape index (κ2) is 10.6. The molecule has 1 N–H and O–H groups in total. The van der Waals surface area contributed by atoms with Gasteiger partial charge in [0, 0.05) is 58.2 Å². The third-order valence-electron chi connectivity index (χ3n) is 6.39. The predicted molar refractivity (Wildman–Crippen MR) is 127 cm³/mol. The number of carbonyl (C=O) groups excluding carboxylic acids is 1. The van der Waals surface area contributed by atoms with E-state index in [2.05, 4.69) is 58.3 Å². The molecular formula is C24H35N7O. The Morgan fingerprint density at radius 2 is 1.78 bits per heavy atom. The summed E-state index contributed by atoms with van der Waals surface area (Å²) in [4.78, 5) is 24.3. The number of hydrogen-bond acceptors (Lipinski definition) is 4. The first kappa shape index (κ1) is 22.3. The van der Waals surface area contributed by atoms with Crippen LogP contribution in [-0.2, 0) is 11.3 Å². The van der Waals surface area contributed by atoms with Gasteiger partial charge in [-0.25, -0.2) is 9.67 Å². The molecule has 1 aromatic heterocycles. The summed E-state index contributed by atoms with van der Waals surface area (Å²) in [5.74, 6) is 1.23. The first-order chi connectivity index (χ1) is 15.7. The Kier molecular flexibility index (Phi) is 7.42. The van der Waals surface area contributed by atoms with E-state index in [1.807, 2.05) is 21.8 Å². The molecule has 0 aliphatic carbocycles. The zero-order valence-electron chi connectivity index (χ0n) is 19.3. The number of piperazine rings is 1. The highest BCUT2D eigenvalue weighted by atomic mass is 16.2. The lowest BCUT2D eigenvalue weighted by Gasteiger charge is -2.39. The fourth-order valence-corrected chi connectivity index (χ4v) is 4.45. The van der Waals surface area contributed by atoms with Crippen LogP contribution in [0.3, 0.4) is 0 Å². The van der Waals surface area contributed by atoms with Crippen LogP contribution in [0.1, 0.15) is 32.3 Å². The van der Waals surface area contributed by atoms with E-state index in [0.717, 1.165) is 70.3 Å². The van der Waals surface area contributed by atoms with E-state index in [4.69, 9.17) is 4.99 Å². The van der Waals surface area contributed by atoms with E-state index in [1.54, 1.807) is 6.20 Å². The molecule has 2 fully saturated rings. The van der Waals surface area contributed by atoms with Gasteiger partial charge in [-0.3, -0.25) is 9.69 Å².